The second kappa shape index (κ2) is 6.40. The van der Waals surface area contributed by atoms with E-state index in [1.165, 1.54) is 12.8 Å². The van der Waals surface area contributed by atoms with Crippen molar-refractivity contribution >= 4 is 7.05 Å². The van der Waals surface area contributed by atoms with Gasteiger partial charge in [-0.25, -0.2) is 4.89 Å². The third-order valence-electron chi connectivity index (χ3n) is 2.88. The largest absolute Gasteiger partial charge is 0.437 e. The van der Waals surface area contributed by atoms with Gasteiger partial charge in [-0.15, -0.1) is 0 Å². The van der Waals surface area contributed by atoms with Crippen molar-refractivity contribution in [2.45, 2.75) is 45.0 Å². The SMILES string of the molecule is CB(O)N[C@H]1CCC[C@@H](CCOO)C1. The molecule has 0 unspecified atom stereocenters. The topological polar surface area (TPSA) is 61.7 Å². The van der Waals surface area contributed by atoms with E-state index in [4.69, 9.17) is 5.26 Å². The first-order valence-electron chi connectivity index (χ1n) is 5.43. The molecular formula is C9H20BNO3. The Morgan fingerprint density at radius 3 is 2.93 bits per heavy atom. The average molecular weight is 201 g/mol. The monoisotopic (exact) mass is 201 g/mol. The van der Waals surface area contributed by atoms with Gasteiger partial charge in [-0.1, -0.05) is 12.8 Å². The Labute approximate surface area is 85.7 Å². The van der Waals surface area contributed by atoms with Crippen molar-refractivity contribution in [1.29, 1.82) is 0 Å². The van der Waals surface area contributed by atoms with Crippen LogP contribution in [-0.4, -0.2) is 30.0 Å². The van der Waals surface area contributed by atoms with Gasteiger partial charge in [0, 0.05) is 0 Å². The third-order valence-corrected chi connectivity index (χ3v) is 2.88. The van der Waals surface area contributed by atoms with Crippen molar-refractivity contribution in [3.05, 3.63) is 0 Å². The molecule has 5 heteroatoms. The lowest BCUT2D eigenvalue weighted by atomic mass is 9.79. The van der Waals surface area contributed by atoms with E-state index in [-0.39, 0.29) is 0 Å². The van der Waals surface area contributed by atoms with Crippen LogP contribution in [0.25, 0.3) is 0 Å². The van der Waals surface area contributed by atoms with Gasteiger partial charge in [-0.3, -0.25) is 5.26 Å². The molecule has 1 fully saturated rings. The molecule has 3 N–H and O–H groups in total. The summed E-state index contributed by atoms with van der Waals surface area (Å²) in [5.41, 5.74) is 0. The molecule has 2 atom stereocenters. The van der Waals surface area contributed by atoms with Crippen molar-refractivity contribution in [1.82, 2.24) is 5.23 Å². The molecule has 0 aliphatic heterocycles. The van der Waals surface area contributed by atoms with Gasteiger partial charge in [0.2, 0.25) is 0 Å². The van der Waals surface area contributed by atoms with Gasteiger partial charge in [-0.05, 0) is 38.0 Å². The highest BCUT2D eigenvalue weighted by Gasteiger charge is 2.23. The van der Waals surface area contributed by atoms with Crippen LogP contribution in [0.3, 0.4) is 0 Å². The Kier molecular flexibility index (Phi) is 5.48. The smallest absolute Gasteiger partial charge is 0.373 e. The second-order valence-corrected chi connectivity index (χ2v) is 4.19. The maximum absolute atomic E-state index is 9.19. The summed E-state index contributed by atoms with van der Waals surface area (Å²) in [6, 6.07) is 0.424. The molecule has 1 rings (SSSR count). The normalized spacial score (nSPS) is 27.6. The molecule has 0 amide bonds. The van der Waals surface area contributed by atoms with E-state index < -0.39 is 7.05 Å². The molecule has 4 nitrogen and oxygen atoms in total. The van der Waals surface area contributed by atoms with Gasteiger partial charge in [0.15, 0.2) is 0 Å². The zero-order valence-electron chi connectivity index (χ0n) is 8.78. The van der Waals surface area contributed by atoms with Gasteiger partial charge in [0.1, 0.15) is 0 Å². The molecule has 1 aliphatic rings. The van der Waals surface area contributed by atoms with E-state index in [0.717, 1.165) is 19.3 Å². The molecule has 0 aromatic carbocycles. The van der Waals surface area contributed by atoms with E-state index in [1.807, 2.05) is 0 Å². The minimum atomic E-state index is -0.423. The zero-order chi connectivity index (χ0) is 10.4. The standard InChI is InChI=1S/C9H20BNO3/c1-10(12)11-9-4-2-3-8(7-9)5-6-14-13/h8-9,11-13H,2-7H2,1H3/t8-,9-/m0/s1. The Morgan fingerprint density at radius 2 is 2.29 bits per heavy atom. The molecule has 0 saturated heterocycles. The van der Waals surface area contributed by atoms with Crippen LogP contribution in [0, 0.1) is 5.92 Å². The minimum Gasteiger partial charge on any atom is -0.437 e. The van der Waals surface area contributed by atoms with Crippen LogP contribution < -0.4 is 5.23 Å². The molecule has 82 valence electrons. The second-order valence-electron chi connectivity index (χ2n) is 4.19. The summed E-state index contributed by atoms with van der Waals surface area (Å²) in [5.74, 6) is 0.618. The highest BCUT2D eigenvalue weighted by molar-refractivity contribution is 6.45. The fourth-order valence-electron chi connectivity index (χ4n) is 2.27. The van der Waals surface area contributed by atoms with Crippen LogP contribution in [-0.2, 0) is 4.89 Å². The minimum absolute atomic E-state index is 0.423. The predicted octanol–water partition coefficient (Wildman–Crippen LogP) is 1.12. The van der Waals surface area contributed by atoms with E-state index >= 15 is 0 Å². The first kappa shape index (κ1) is 12.0. The number of rotatable bonds is 5. The third kappa shape index (κ3) is 4.42. The molecule has 0 spiro atoms. The summed E-state index contributed by atoms with van der Waals surface area (Å²) in [6.07, 6.45) is 5.53. The van der Waals surface area contributed by atoms with Gasteiger partial charge in [-0.2, -0.15) is 0 Å². The Morgan fingerprint density at radius 1 is 1.50 bits per heavy atom. The van der Waals surface area contributed by atoms with Gasteiger partial charge in [0.25, 0.3) is 0 Å². The van der Waals surface area contributed by atoms with Crippen molar-refractivity contribution < 1.29 is 15.2 Å². The lowest BCUT2D eigenvalue weighted by molar-refractivity contribution is -0.244. The Hall–Kier alpha value is -0.0951. The highest BCUT2D eigenvalue weighted by Crippen LogP contribution is 2.26. The number of hydrogen-bond acceptors (Lipinski definition) is 4. The molecule has 0 bridgehead atoms. The molecule has 14 heavy (non-hydrogen) atoms. The molecule has 0 heterocycles. The summed E-state index contributed by atoms with van der Waals surface area (Å²) >= 11 is 0. The quantitative estimate of drug-likeness (QED) is 0.354. The molecule has 0 radical (unpaired) electrons. The van der Waals surface area contributed by atoms with E-state index in [1.54, 1.807) is 6.82 Å². The van der Waals surface area contributed by atoms with E-state index in [0.29, 0.717) is 18.6 Å². The van der Waals surface area contributed by atoms with E-state index in [2.05, 4.69) is 10.1 Å². The van der Waals surface area contributed by atoms with Crippen molar-refractivity contribution in [2.75, 3.05) is 6.61 Å². The maximum atomic E-state index is 9.19. The lowest BCUT2D eigenvalue weighted by Crippen LogP contribution is -2.42. The lowest BCUT2D eigenvalue weighted by Gasteiger charge is -2.30. The Balaban J connectivity index is 2.21. The van der Waals surface area contributed by atoms with Gasteiger partial charge >= 0.3 is 7.05 Å². The maximum Gasteiger partial charge on any atom is 0.373 e. The highest BCUT2D eigenvalue weighted by atomic mass is 17.1. The molecule has 1 aliphatic carbocycles. The summed E-state index contributed by atoms with van der Waals surface area (Å²) in [5, 5.41) is 20.6. The van der Waals surface area contributed by atoms with Crippen molar-refractivity contribution in [3.8, 4) is 0 Å². The van der Waals surface area contributed by atoms with Crippen LogP contribution in [0.15, 0.2) is 0 Å². The summed E-state index contributed by atoms with van der Waals surface area (Å²) in [7, 11) is -0.423. The molecule has 1 saturated carbocycles. The van der Waals surface area contributed by atoms with Crippen LogP contribution in [0.5, 0.6) is 0 Å². The average Bonchev–Trinajstić information content (AvgIpc) is 2.14. The number of nitrogens with one attached hydrogen (secondary N) is 1. The number of hydrogen-bond donors (Lipinski definition) is 3. The zero-order valence-corrected chi connectivity index (χ0v) is 8.78. The van der Waals surface area contributed by atoms with Crippen LogP contribution in [0.1, 0.15) is 32.1 Å². The first-order valence-corrected chi connectivity index (χ1v) is 5.43. The fraction of sp³-hybridized carbons (Fsp3) is 1.00. The van der Waals surface area contributed by atoms with Crippen LogP contribution in [0.2, 0.25) is 6.82 Å². The van der Waals surface area contributed by atoms with Crippen LogP contribution >= 0.6 is 0 Å². The molecule has 0 aromatic rings. The van der Waals surface area contributed by atoms with Gasteiger partial charge in [0.05, 0.1) is 6.61 Å². The van der Waals surface area contributed by atoms with Crippen molar-refractivity contribution in [2.24, 2.45) is 5.92 Å². The predicted molar refractivity (Wildman–Crippen MR) is 55.9 cm³/mol. The van der Waals surface area contributed by atoms with Crippen molar-refractivity contribution in [3.63, 3.8) is 0 Å². The van der Waals surface area contributed by atoms with E-state index in [9.17, 15) is 5.02 Å². The van der Waals surface area contributed by atoms with Gasteiger partial charge < -0.3 is 10.3 Å². The van der Waals surface area contributed by atoms with Crippen LogP contribution in [0.4, 0.5) is 0 Å². The summed E-state index contributed by atoms with van der Waals surface area (Å²) in [4.78, 5) is 4.09. The fourth-order valence-corrected chi connectivity index (χ4v) is 2.27. The molecule has 0 aromatic heterocycles. The molecular weight excluding hydrogens is 181 g/mol. The summed E-state index contributed by atoms with van der Waals surface area (Å²) < 4.78 is 0. The summed E-state index contributed by atoms with van der Waals surface area (Å²) in [6.45, 7) is 2.17. The Bertz CT molecular complexity index is 157. The first-order chi connectivity index (χ1) is 6.72.